The van der Waals surface area contributed by atoms with Crippen LogP contribution in [-0.2, 0) is 23.1 Å². The van der Waals surface area contributed by atoms with Crippen LogP contribution < -0.4 is 10.5 Å². The number of nitrogens with two attached hydrogens (primary N) is 1. The van der Waals surface area contributed by atoms with Gasteiger partial charge in [-0.3, -0.25) is 4.68 Å². The van der Waals surface area contributed by atoms with E-state index in [2.05, 4.69) is 15.0 Å². The van der Waals surface area contributed by atoms with Crippen LogP contribution in [0.25, 0.3) is 0 Å². The first-order valence-corrected chi connectivity index (χ1v) is 7.23. The molecule has 8 nitrogen and oxygen atoms in total. The smallest absolute Gasteiger partial charge is 0.246 e. The molecule has 0 bridgehead atoms. The molecule has 0 amide bonds. The highest BCUT2D eigenvalue weighted by Gasteiger charge is 2.21. The molecular formula is C10H15N5O3S. The Hall–Kier alpha value is -1.87. The highest BCUT2D eigenvalue weighted by molar-refractivity contribution is 7.89. The fourth-order valence-electron chi connectivity index (χ4n) is 1.55. The zero-order valence-corrected chi connectivity index (χ0v) is 11.2. The predicted molar refractivity (Wildman–Crippen MR) is 67.5 cm³/mol. The summed E-state index contributed by atoms with van der Waals surface area (Å²) in [5.74, 6) is 0.404. The molecule has 0 aliphatic carbocycles. The zero-order chi connectivity index (χ0) is 13.9. The van der Waals surface area contributed by atoms with Gasteiger partial charge in [0.05, 0.1) is 12.7 Å². The van der Waals surface area contributed by atoms with E-state index in [1.807, 2.05) is 6.92 Å². The summed E-state index contributed by atoms with van der Waals surface area (Å²) in [6.07, 6.45) is 3.70. The standard InChI is InChI=1S/C10H15N5O3S/c1-2-5-15-7-9(10(11)14-15)19(16,17)13-6-8-3-4-12-18-8/h3-4,7,13H,2,5-6H2,1H3,(H2,11,14). The topological polar surface area (TPSA) is 116 Å². The van der Waals surface area contributed by atoms with E-state index in [4.69, 9.17) is 10.3 Å². The van der Waals surface area contributed by atoms with Crippen molar-refractivity contribution >= 4 is 15.8 Å². The number of rotatable bonds is 6. The van der Waals surface area contributed by atoms with E-state index >= 15 is 0 Å². The van der Waals surface area contributed by atoms with Gasteiger partial charge in [0.1, 0.15) is 4.90 Å². The predicted octanol–water partition coefficient (Wildman–Crippen LogP) is 0.342. The molecule has 0 saturated carbocycles. The van der Waals surface area contributed by atoms with Gasteiger partial charge in [0.2, 0.25) is 10.0 Å². The van der Waals surface area contributed by atoms with Crippen LogP contribution in [0, 0.1) is 0 Å². The summed E-state index contributed by atoms with van der Waals surface area (Å²) in [5.41, 5.74) is 5.62. The molecule has 0 spiro atoms. The maximum absolute atomic E-state index is 12.1. The lowest BCUT2D eigenvalue weighted by Gasteiger charge is -2.02. The second-order valence-electron chi connectivity index (χ2n) is 3.94. The summed E-state index contributed by atoms with van der Waals surface area (Å²) in [4.78, 5) is -0.0273. The molecule has 0 unspecified atom stereocenters. The summed E-state index contributed by atoms with van der Waals surface area (Å²) in [5, 5.41) is 7.44. The Morgan fingerprint density at radius 3 is 2.95 bits per heavy atom. The summed E-state index contributed by atoms with van der Waals surface area (Å²) >= 11 is 0. The molecule has 0 saturated heterocycles. The highest BCUT2D eigenvalue weighted by atomic mass is 32.2. The average molecular weight is 285 g/mol. The third-order valence-corrected chi connectivity index (χ3v) is 3.84. The van der Waals surface area contributed by atoms with Gasteiger partial charge in [0.25, 0.3) is 0 Å². The zero-order valence-electron chi connectivity index (χ0n) is 10.4. The molecular weight excluding hydrogens is 270 g/mol. The van der Waals surface area contributed by atoms with Crippen molar-refractivity contribution < 1.29 is 12.9 Å². The first-order chi connectivity index (χ1) is 9.03. The summed E-state index contributed by atoms with van der Waals surface area (Å²) in [6, 6.07) is 1.58. The number of nitrogens with one attached hydrogen (secondary N) is 1. The second kappa shape index (κ2) is 5.41. The van der Waals surface area contributed by atoms with Gasteiger partial charge in [-0.25, -0.2) is 13.1 Å². The van der Waals surface area contributed by atoms with Gasteiger partial charge in [0.15, 0.2) is 11.6 Å². The Morgan fingerprint density at radius 2 is 2.32 bits per heavy atom. The highest BCUT2D eigenvalue weighted by Crippen LogP contribution is 2.16. The number of hydrogen-bond acceptors (Lipinski definition) is 6. The van der Waals surface area contributed by atoms with Crippen LogP contribution in [-0.4, -0.2) is 23.4 Å². The number of hydrogen-bond donors (Lipinski definition) is 2. The molecule has 0 aliphatic rings. The lowest BCUT2D eigenvalue weighted by molar-refractivity contribution is 0.380. The van der Waals surface area contributed by atoms with Gasteiger partial charge in [-0.15, -0.1) is 0 Å². The van der Waals surface area contributed by atoms with Crippen molar-refractivity contribution in [1.29, 1.82) is 0 Å². The second-order valence-corrected chi connectivity index (χ2v) is 5.68. The van der Waals surface area contributed by atoms with Gasteiger partial charge in [-0.05, 0) is 6.42 Å². The molecule has 0 radical (unpaired) electrons. The molecule has 0 aromatic carbocycles. The van der Waals surface area contributed by atoms with Gasteiger partial charge in [-0.1, -0.05) is 12.1 Å². The Kier molecular flexibility index (Phi) is 3.86. The first kappa shape index (κ1) is 13.6. The van der Waals surface area contributed by atoms with Crippen molar-refractivity contribution in [2.45, 2.75) is 31.3 Å². The van der Waals surface area contributed by atoms with Crippen LogP contribution in [0.1, 0.15) is 19.1 Å². The van der Waals surface area contributed by atoms with Gasteiger partial charge in [-0.2, -0.15) is 5.10 Å². The van der Waals surface area contributed by atoms with E-state index in [-0.39, 0.29) is 17.3 Å². The van der Waals surface area contributed by atoms with Crippen molar-refractivity contribution in [2.24, 2.45) is 0 Å². The Balaban J connectivity index is 2.14. The van der Waals surface area contributed by atoms with Crippen LogP contribution in [0.3, 0.4) is 0 Å². The van der Waals surface area contributed by atoms with E-state index in [0.29, 0.717) is 12.3 Å². The number of nitrogens with zero attached hydrogens (tertiary/aromatic N) is 3. The minimum Gasteiger partial charge on any atom is -0.381 e. The van der Waals surface area contributed by atoms with Crippen LogP contribution in [0.2, 0.25) is 0 Å². The van der Waals surface area contributed by atoms with Crippen molar-refractivity contribution in [1.82, 2.24) is 19.7 Å². The van der Waals surface area contributed by atoms with Crippen molar-refractivity contribution in [2.75, 3.05) is 5.73 Å². The summed E-state index contributed by atoms with van der Waals surface area (Å²) in [7, 11) is -3.71. The normalized spacial score (nSPS) is 11.8. The van der Waals surface area contributed by atoms with E-state index in [0.717, 1.165) is 6.42 Å². The number of nitrogen functional groups attached to an aromatic ring is 1. The van der Waals surface area contributed by atoms with Crippen molar-refractivity contribution in [3.8, 4) is 0 Å². The molecule has 2 rings (SSSR count). The molecule has 0 atom stereocenters. The molecule has 104 valence electrons. The van der Waals surface area contributed by atoms with E-state index < -0.39 is 10.0 Å². The van der Waals surface area contributed by atoms with Gasteiger partial charge < -0.3 is 10.3 Å². The SMILES string of the molecule is CCCn1cc(S(=O)(=O)NCc2ccno2)c(N)n1. The van der Waals surface area contributed by atoms with Crippen molar-refractivity contribution in [3.63, 3.8) is 0 Å². The lowest BCUT2D eigenvalue weighted by atomic mass is 10.5. The summed E-state index contributed by atoms with van der Waals surface area (Å²) < 4.78 is 32.8. The first-order valence-electron chi connectivity index (χ1n) is 5.75. The van der Waals surface area contributed by atoms with E-state index in [1.54, 1.807) is 6.07 Å². The van der Waals surface area contributed by atoms with Crippen LogP contribution in [0.15, 0.2) is 27.9 Å². The molecule has 0 aliphatic heterocycles. The maximum atomic E-state index is 12.1. The molecule has 3 N–H and O–H groups in total. The van der Waals surface area contributed by atoms with Gasteiger partial charge >= 0.3 is 0 Å². The Labute approximate surface area is 110 Å². The lowest BCUT2D eigenvalue weighted by Crippen LogP contribution is -2.23. The fraction of sp³-hybridized carbons (Fsp3) is 0.400. The minimum absolute atomic E-state index is 0.0146. The quantitative estimate of drug-likeness (QED) is 0.790. The van der Waals surface area contributed by atoms with Crippen LogP contribution in [0.5, 0.6) is 0 Å². The third kappa shape index (κ3) is 3.12. The monoisotopic (exact) mass is 285 g/mol. The molecule has 9 heteroatoms. The fourth-order valence-corrected chi connectivity index (χ4v) is 2.61. The number of sulfonamides is 1. The molecule has 2 aromatic rings. The Morgan fingerprint density at radius 1 is 1.53 bits per heavy atom. The van der Waals surface area contributed by atoms with Gasteiger partial charge in [0, 0.05) is 18.8 Å². The molecule has 2 aromatic heterocycles. The number of aromatic nitrogens is 3. The largest absolute Gasteiger partial charge is 0.381 e. The van der Waals surface area contributed by atoms with Crippen LogP contribution in [0.4, 0.5) is 5.82 Å². The summed E-state index contributed by atoms with van der Waals surface area (Å²) in [6.45, 7) is 2.59. The van der Waals surface area contributed by atoms with Crippen molar-refractivity contribution in [3.05, 3.63) is 24.2 Å². The number of anilines is 1. The number of aryl methyl sites for hydroxylation is 1. The molecule has 19 heavy (non-hydrogen) atoms. The maximum Gasteiger partial charge on any atom is 0.246 e. The third-order valence-electron chi connectivity index (χ3n) is 2.42. The molecule has 0 fully saturated rings. The van der Waals surface area contributed by atoms with E-state index in [9.17, 15) is 8.42 Å². The Bertz CT molecular complexity index is 632. The average Bonchev–Trinajstić information content (AvgIpc) is 2.97. The van der Waals surface area contributed by atoms with Crippen LogP contribution >= 0.6 is 0 Å². The van der Waals surface area contributed by atoms with E-state index in [1.165, 1.54) is 17.1 Å². The minimum atomic E-state index is -3.71. The molecule has 2 heterocycles.